The smallest absolute Gasteiger partial charge is 0.292 e. The molecule has 0 aliphatic rings. The molecular weight excluding hydrogens is 322 g/mol. The van der Waals surface area contributed by atoms with Crippen LogP contribution in [0.3, 0.4) is 0 Å². The first kappa shape index (κ1) is 15.9. The van der Waals surface area contributed by atoms with Gasteiger partial charge in [-0.25, -0.2) is 9.69 Å². The van der Waals surface area contributed by atoms with E-state index >= 15 is 0 Å². The van der Waals surface area contributed by atoms with Crippen LogP contribution in [0, 0.1) is 21.4 Å². The first-order valence-corrected chi connectivity index (χ1v) is 7.25. The van der Waals surface area contributed by atoms with Crippen LogP contribution in [0.4, 0.5) is 22.7 Å². The van der Waals surface area contributed by atoms with Crippen molar-refractivity contribution in [3.8, 4) is 6.07 Å². The van der Waals surface area contributed by atoms with Crippen LogP contribution in [0.1, 0.15) is 5.56 Å². The molecule has 9 nitrogen and oxygen atoms in total. The van der Waals surface area contributed by atoms with Crippen molar-refractivity contribution < 1.29 is 4.92 Å². The van der Waals surface area contributed by atoms with E-state index in [4.69, 9.17) is 5.26 Å². The summed E-state index contributed by atoms with van der Waals surface area (Å²) < 4.78 is 1.64. The van der Waals surface area contributed by atoms with Crippen molar-refractivity contribution in [1.82, 2.24) is 14.9 Å². The lowest BCUT2D eigenvalue weighted by Gasteiger charge is -2.25. The van der Waals surface area contributed by atoms with Crippen LogP contribution in [0.2, 0.25) is 0 Å². The Hall–Kier alpha value is -3.93. The normalized spacial score (nSPS) is 10.1. The van der Waals surface area contributed by atoms with Gasteiger partial charge in [0.1, 0.15) is 18.3 Å². The number of anilines is 3. The molecule has 9 heteroatoms. The number of nitrogens with one attached hydrogen (secondary N) is 1. The zero-order valence-electron chi connectivity index (χ0n) is 13.2. The van der Waals surface area contributed by atoms with E-state index in [1.807, 2.05) is 0 Å². The zero-order valence-corrected chi connectivity index (χ0v) is 13.2. The topological polar surface area (TPSA) is 113 Å². The lowest BCUT2D eigenvalue weighted by atomic mass is 10.2. The molecule has 3 rings (SSSR count). The van der Waals surface area contributed by atoms with Gasteiger partial charge in [0.2, 0.25) is 0 Å². The number of aromatic nitrogens is 3. The molecule has 3 aromatic rings. The van der Waals surface area contributed by atoms with Gasteiger partial charge in [0.25, 0.3) is 5.69 Å². The Balaban J connectivity index is 2.12. The van der Waals surface area contributed by atoms with Gasteiger partial charge in [-0.2, -0.15) is 5.26 Å². The number of hydrogen-bond acceptors (Lipinski definition) is 7. The second kappa shape index (κ2) is 6.67. The lowest BCUT2D eigenvalue weighted by molar-refractivity contribution is -0.383. The number of nitro groups is 1. The molecule has 0 spiro atoms. The van der Waals surface area contributed by atoms with Crippen LogP contribution < -0.4 is 10.3 Å². The Kier molecular flexibility index (Phi) is 4.26. The number of nitriles is 1. The Bertz CT molecular complexity index is 930. The molecular formula is C16H13N7O2. The van der Waals surface area contributed by atoms with Gasteiger partial charge in [0.15, 0.2) is 0 Å². The standard InChI is InChI=1S/C16H13N7O2/c1-18-15-8-14(6-7-16(15)23(24)25)22(21-10-19-20-11-21)13-4-2-12(9-17)3-5-13/h2-8,10-11,18H,1H3. The van der Waals surface area contributed by atoms with Gasteiger partial charge >= 0.3 is 0 Å². The highest BCUT2D eigenvalue weighted by molar-refractivity contribution is 5.73. The second-order valence-electron chi connectivity index (χ2n) is 5.02. The van der Waals surface area contributed by atoms with E-state index in [-0.39, 0.29) is 5.69 Å². The highest BCUT2D eigenvalue weighted by Crippen LogP contribution is 2.33. The first-order chi connectivity index (χ1) is 12.1. The predicted molar refractivity (Wildman–Crippen MR) is 91.4 cm³/mol. The summed E-state index contributed by atoms with van der Waals surface area (Å²) in [7, 11) is 1.62. The largest absolute Gasteiger partial charge is 0.383 e. The van der Waals surface area contributed by atoms with Crippen LogP contribution in [0.15, 0.2) is 55.1 Å². The van der Waals surface area contributed by atoms with Gasteiger partial charge in [-0.05, 0) is 36.4 Å². The number of benzene rings is 2. The average Bonchev–Trinajstić information content (AvgIpc) is 3.16. The van der Waals surface area contributed by atoms with Crippen LogP contribution in [0.25, 0.3) is 0 Å². The Labute approximate surface area is 142 Å². The molecule has 1 N–H and O–H groups in total. The summed E-state index contributed by atoms with van der Waals surface area (Å²) in [5.41, 5.74) is 2.31. The van der Waals surface area contributed by atoms with Crippen LogP contribution >= 0.6 is 0 Å². The van der Waals surface area contributed by atoms with Crippen molar-refractivity contribution in [2.24, 2.45) is 0 Å². The number of nitro benzene ring substituents is 1. The van der Waals surface area contributed by atoms with Crippen molar-refractivity contribution >= 4 is 22.7 Å². The quantitative estimate of drug-likeness (QED) is 0.563. The average molecular weight is 335 g/mol. The predicted octanol–water partition coefficient (Wildman–Crippen LogP) is 2.70. The third-order valence-electron chi connectivity index (χ3n) is 3.57. The van der Waals surface area contributed by atoms with E-state index in [1.54, 1.807) is 53.1 Å². The molecule has 25 heavy (non-hydrogen) atoms. The van der Waals surface area contributed by atoms with Gasteiger partial charge in [-0.15, -0.1) is 10.2 Å². The Morgan fingerprint density at radius 3 is 2.36 bits per heavy atom. The number of rotatable bonds is 5. The third-order valence-corrected chi connectivity index (χ3v) is 3.57. The Morgan fingerprint density at radius 1 is 1.16 bits per heavy atom. The molecule has 0 fully saturated rings. The van der Waals surface area contributed by atoms with Crippen molar-refractivity contribution in [1.29, 1.82) is 5.26 Å². The van der Waals surface area contributed by atoms with Crippen LogP contribution in [-0.2, 0) is 0 Å². The first-order valence-electron chi connectivity index (χ1n) is 7.25. The molecule has 0 aliphatic heterocycles. The molecule has 0 amide bonds. The maximum Gasteiger partial charge on any atom is 0.292 e. The number of hydrogen-bond donors (Lipinski definition) is 1. The second-order valence-corrected chi connectivity index (χ2v) is 5.02. The summed E-state index contributed by atoms with van der Waals surface area (Å²) in [6.07, 6.45) is 3.03. The molecule has 0 atom stereocenters. The molecule has 0 unspecified atom stereocenters. The summed E-state index contributed by atoms with van der Waals surface area (Å²) in [6, 6.07) is 13.7. The molecule has 0 radical (unpaired) electrons. The molecule has 0 aliphatic carbocycles. The fraction of sp³-hybridized carbons (Fsp3) is 0.0625. The SMILES string of the molecule is CNc1cc(N(c2ccc(C#N)cc2)n2cnnc2)ccc1[N+](=O)[O-]. The van der Waals surface area contributed by atoms with Gasteiger partial charge in [0.05, 0.1) is 27.9 Å². The maximum absolute atomic E-state index is 11.1. The van der Waals surface area contributed by atoms with Crippen molar-refractivity contribution in [2.75, 3.05) is 17.4 Å². The van der Waals surface area contributed by atoms with E-state index in [0.29, 0.717) is 16.9 Å². The molecule has 2 aromatic carbocycles. The van der Waals surface area contributed by atoms with Crippen molar-refractivity contribution in [2.45, 2.75) is 0 Å². The summed E-state index contributed by atoms with van der Waals surface area (Å²) >= 11 is 0. The van der Waals surface area contributed by atoms with E-state index in [2.05, 4.69) is 21.6 Å². The van der Waals surface area contributed by atoms with Crippen molar-refractivity contribution in [3.05, 3.63) is 70.8 Å². The van der Waals surface area contributed by atoms with Gasteiger partial charge in [-0.1, -0.05) is 0 Å². The summed E-state index contributed by atoms with van der Waals surface area (Å²) in [4.78, 5) is 10.7. The lowest BCUT2D eigenvalue weighted by Crippen LogP contribution is -2.23. The minimum absolute atomic E-state index is 0.0187. The van der Waals surface area contributed by atoms with E-state index in [9.17, 15) is 10.1 Å². The van der Waals surface area contributed by atoms with E-state index in [1.165, 1.54) is 18.7 Å². The molecule has 0 saturated heterocycles. The molecule has 1 aromatic heterocycles. The minimum Gasteiger partial charge on any atom is -0.383 e. The molecule has 124 valence electrons. The van der Waals surface area contributed by atoms with Gasteiger partial charge in [0, 0.05) is 13.1 Å². The third kappa shape index (κ3) is 3.09. The highest BCUT2D eigenvalue weighted by atomic mass is 16.6. The van der Waals surface area contributed by atoms with Crippen LogP contribution in [-0.4, -0.2) is 26.8 Å². The number of nitrogens with zero attached hydrogens (tertiary/aromatic N) is 6. The fourth-order valence-corrected chi connectivity index (χ4v) is 2.41. The van der Waals surface area contributed by atoms with E-state index < -0.39 is 4.92 Å². The van der Waals surface area contributed by atoms with Crippen molar-refractivity contribution in [3.63, 3.8) is 0 Å². The summed E-state index contributed by atoms with van der Waals surface area (Å²) in [5, 5.41) is 32.3. The summed E-state index contributed by atoms with van der Waals surface area (Å²) in [5.74, 6) is 0. The molecule has 0 bridgehead atoms. The molecule has 1 heterocycles. The Morgan fingerprint density at radius 2 is 1.80 bits per heavy atom. The maximum atomic E-state index is 11.1. The zero-order chi connectivity index (χ0) is 17.8. The minimum atomic E-state index is -0.444. The van der Waals surface area contributed by atoms with Gasteiger partial charge in [-0.3, -0.25) is 10.1 Å². The molecule has 0 saturated carbocycles. The van der Waals surface area contributed by atoms with Gasteiger partial charge < -0.3 is 5.32 Å². The van der Waals surface area contributed by atoms with E-state index in [0.717, 1.165) is 5.69 Å². The summed E-state index contributed by atoms with van der Waals surface area (Å²) in [6.45, 7) is 0. The fourth-order valence-electron chi connectivity index (χ4n) is 2.41. The monoisotopic (exact) mass is 335 g/mol. The highest BCUT2D eigenvalue weighted by Gasteiger charge is 2.18. The van der Waals surface area contributed by atoms with Crippen LogP contribution in [0.5, 0.6) is 0 Å².